The van der Waals surface area contributed by atoms with E-state index in [4.69, 9.17) is 11.6 Å². The Morgan fingerprint density at radius 2 is 2.12 bits per heavy atom. The van der Waals surface area contributed by atoms with Crippen LogP contribution in [0.2, 0.25) is 5.02 Å². The molecule has 0 aliphatic heterocycles. The van der Waals surface area contributed by atoms with E-state index in [2.05, 4.69) is 9.72 Å². The monoisotopic (exact) mass is 253 g/mol. The van der Waals surface area contributed by atoms with Crippen LogP contribution in [0.5, 0.6) is 0 Å². The van der Waals surface area contributed by atoms with Gasteiger partial charge in [0.2, 0.25) is 0 Å². The molecule has 1 heterocycles. The zero-order valence-corrected chi connectivity index (χ0v) is 9.72. The molecule has 0 unspecified atom stereocenters. The van der Waals surface area contributed by atoms with Gasteiger partial charge in [-0.3, -0.25) is 0 Å². The van der Waals surface area contributed by atoms with Gasteiger partial charge in [0, 0.05) is 11.8 Å². The number of methoxy groups -OCH3 is 1. The van der Waals surface area contributed by atoms with Crippen LogP contribution in [-0.4, -0.2) is 18.1 Å². The van der Waals surface area contributed by atoms with Gasteiger partial charge in [0.15, 0.2) is 0 Å². The first-order valence-electron chi connectivity index (χ1n) is 4.84. The average molecular weight is 254 g/mol. The number of hydrogen-bond acceptors (Lipinski definition) is 2. The summed E-state index contributed by atoms with van der Waals surface area (Å²) in [6.45, 7) is 0. The van der Waals surface area contributed by atoms with Crippen molar-refractivity contribution in [3.63, 3.8) is 0 Å². The maximum Gasteiger partial charge on any atom is 0.354 e. The van der Waals surface area contributed by atoms with Crippen molar-refractivity contribution < 1.29 is 13.9 Å². The Labute approximate surface area is 102 Å². The number of carbonyl (C=O) groups is 1. The third-order valence-corrected chi connectivity index (χ3v) is 2.63. The lowest BCUT2D eigenvalue weighted by Crippen LogP contribution is -2.00. The lowest BCUT2D eigenvalue weighted by molar-refractivity contribution is 0.0595. The molecule has 0 fully saturated rings. The summed E-state index contributed by atoms with van der Waals surface area (Å²) in [6, 6.07) is 5.99. The first-order chi connectivity index (χ1) is 8.11. The summed E-state index contributed by atoms with van der Waals surface area (Å²) < 4.78 is 17.6. The van der Waals surface area contributed by atoms with Crippen molar-refractivity contribution in [3.05, 3.63) is 47.0 Å². The summed E-state index contributed by atoms with van der Waals surface area (Å²) in [7, 11) is 1.30. The van der Waals surface area contributed by atoms with Crippen LogP contribution in [0.1, 0.15) is 10.5 Å². The Morgan fingerprint density at radius 3 is 2.76 bits per heavy atom. The molecule has 88 valence electrons. The molecule has 0 saturated carbocycles. The lowest BCUT2D eigenvalue weighted by atomic mass is 10.1. The second-order valence-corrected chi connectivity index (χ2v) is 3.83. The molecule has 1 N–H and O–H groups in total. The summed E-state index contributed by atoms with van der Waals surface area (Å²) in [6.07, 6.45) is 1.63. The molecule has 0 radical (unpaired) electrons. The molecule has 0 saturated heterocycles. The average Bonchev–Trinajstić information content (AvgIpc) is 2.81. The molecule has 0 aliphatic carbocycles. The third kappa shape index (κ3) is 2.31. The molecule has 2 aromatic rings. The summed E-state index contributed by atoms with van der Waals surface area (Å²) in [5.41, 5.74) is 1.80. The van der Waals surface area contributed by atoms with Gasteiger partial charge in [-0.1, -0.05) is 17.7 Å². The number of benzene rings is 1. The summed E-state index contributed by atoms with van der Waals surface area (Å²) >= 11 is 5.68. The fraction of sp³-hybridized carbons (Fsp3) is 0.0833. The molecular formula is C12H9ClFNO2. The fourth-order valence-electron chi connectivity index (χ4n) is 1.46. The van der Waals surface area contributed by atoms with Crippen LogP contribution in [0.3, 0.4) is 0 Å². The molecule has 0 aliphatic rings. The Balaban J connectivity index is 2.37. The quantitative estimate of drug-likeness (QED) is 0.835. The number of rotatable bonds is 2. The van der Waals surface area contributed by atoms with Crippen molar-refractivity contribution in [1.82, 2.24) is 4.98 Å². The van der Waals surface area contributed by atoms with Crippen LogP contribution >= 0.6 is 11.6 Å². The molecule has 0 atom stereocenters. The standard InChI is InChI=1S/C12H9ClFNO2/c1-17-12(16)11-5-8(6-15-11)7-2-3-10(14)9(13)4-7/h2-6,15H,1H3. The van der Waals surface area contributed by atoms with E-state index in [0.717, 1.165) is 11.1 Å². The summed E-state index contributed by atoms with van der Waals surface area (Å²) in [5.74, 6) is -0.927. The van der Waals surface area contributed by atoms with E-state index in [-0.39, 0.29) is 5.02 Å². The van der Waals surface area contributed by atoms with Crippen molar-refractivity contribution in [2.24, 2.45) is 0 Å². The molecule has 2 rings (SSSR count). The van der Waals surface area contributed by atoms with E-state index < -0.39 is 11.8 Å². The van der Waals surface area contributed by atoms with Crippen molar-refractivity contribution >= 4 is 17.6 Å². The molecule has 0 spiro atoms. The second kappa shape index (κ2) is 4.59. The number of nitrogens with one attached hydrogen (secondary N) is 1. The van der Waals surface area contributed by atoms with Crippen molar-refractivity contribution in [3.8, 4) is 11.1 Å². The second-order valence-electron chi connectivity index (χ2n) is 3.42. The molecule has 0 bridgehead atoms. The Hall–Kier alpha value is -1.81. The fourth-order valence-corrected chi connectivity index (χ4v) is 1.65. The Bertz CT molecular complexity index is 565. The van der Waals surface area contributed by atoms with E-state index in [0.29, 0.717) is 5.69 Å². The summed E-state index contributed by atoms with van der Waals surface area (Å²) in [4.78, 5) is 14.0. The number of halogens is 2. The van der Waals surface area contributed by atoms with Gasteiger partial charge in [0.05, 0.1) is 12.1 Å². The highest BCUT2D eigenvalue weighted by Gasteiger charge is 2.10. The third-order valence-electron chi connectivity index (χ3n) is 2.34. The molecule has 3 nitrogen and oxygen atoms in total. The number of aromatic amines is 1. The molecule has 17 heavy (non-hydrogen) atoms. The normalized spacial score (nSPS) is 10.3. The SMILES string of the molecule is COC(=O)c1cc(-c2ccc(F)c(Cl)c2)c[nH]1. The van der Waals surface area contributed by atoms with Gasteiger partial charge in [-0.15, -0.1) is 0 Å². The predicted molar refractivity (Wildman–Crippen MR) is 62.5 cm³/mol. The van der Waals surface area contributed by atoms with E-state index in [9.17, 15) is 9.18 Å². The maximum atomic E-state index is 13.0. The number of ether oxygens (including phenoxy) is 1. The number of hydrogen-bond donors (Lipinski definition) is 1. The van der Waals surface area contributed by atoms with Gasteiger partial charge in [0.25, 0.3) is 0 Å². The van der Waals surface area contributed by atoms with E-state index >= 15 is 0 Å². The Morgan fingerprint density at radius 1 is 1.35 bits per heavy atom. The summed E-state index contributed by atoms with van der Waals surface area (Å²) in [5, 5.41) is 0.0447. The minimum atomic E-state index is -0.473. The highest BCUT2D eigenvalue weighted by molar-refractivity contribution is 6.31. The van der Waals surface area contributed by atoms with Crippen molar-refractivity contribution in [2.45, 2.75) is 0 Å². The van der Waals surface area contributed by atoms with Crippen LogP contribution in [0.15, 0.2) is 30.5 Å². The van der Waals surface area contributed by atoms with Gasteiger partial charge in [0.1, 0.15) is 11.5 Å². The molecule has 1 aromatic heterocycles. The first-order valence-corrected chi connectivity index (χ1v) is 5.22. The number of H-pyrrole nitrogens is 1. The van der Waals surface area contributed by atoms with E-state index in [1.165, 1.54) is 19.2 Å². The minimum Gasteiger partial charge on any atom is -0.464 e. The molecule has 0 amide bonds. The largest absolute Gasteiger partial charge is 0.464 e. The Kier molecular flexibility index (Phi) is 3.15. The van der Waals surface area contributed by atoms with E-state index in [1.807, 2.05) is 0 Å². The zero-order valence-electron chi connectivity index (χ0n) is 8.96. The van der Waals surface area contributed by atoms with E-state index in [1.54, 1.807) is 18.3 Å². The van der Waals surface area contributed by atoms with Crippen LogP contribution in [0.25, 0.3) is 11.1 Å². The number of esters is 1. The van der Waals surface area contributed by atoms with Crippen LogP contribution < -0.4 is 0 Å². The topological polar surface area (TPSA) is 42.1 Å². The zero-order chi connectivity index (χ0) is 12.4. The van der Waals surface area contributed by atoms with Gasteiger partial charge in [-0.2, -0.15) is 0 Å². The maximum absolute atomic E-state index is 13.0. The van der Waals surface area contributed by atoms with Crippen LogP contribution in [0, 0.1) is 5.82 Å². The minimum absolute atomic E-state index is 0.0447. The van der Waals surface area contributed by atoms with Gasteiger partial charge in [-0.05, 0) is 23.8 Å². The smallest absolute Gasteiger partial charge is 0.354 e. The van der Waals surface area contributed by atoms with Crippen molar-refractivity contribution in [2.75, 3.05) is 7.11 Å². The highest BCUT2D eigenvalue weighted by Crippen LogP contribution is 2.25. The van der Waals surface area contributed by atoms with Gasteiger partial charge < -0.3 is 9.72 Å². The molecule has 1 aromatic carbocycles. The highest BCUT2D eigenvalue weighted by atomic mass is 35.5. The van der Waals surface area contributed by atoms with Crippen molar-refractivity contribution in [1.29, 1.82) is 0 Å². The number of carbonyl (C=O) groups excluding carboxylic acids is 1. The van der Waals surface area contributed by atoms with Gasteiger partial charge >= 0.3 is 5.97 Å². The van der Waals surface area contributed by atoms with Crippen LogP contribution in [0.4, 0.5) is 4.39 Å². The van der Waals surface area contributed by atoms with Crippen LogP contribution in [-0.2, 0) is 4.74 Å². The predicted octanol–water partition coefficient (Wildman–Crippen LogP) is 3.26. The van der Waals surface area contributed by atoms with Gasteiger partial charge in [-0.25, -0.2) is 9.18 Å². The lowest BCUT2D eigenvalue weighted by Gasteiger charge is -1.99. The molecular weight excluding hydrogens is 245 g/mol. The molecule has 5 heteroatoms. The first kappa shape index (κ1) is 11.7. The number of aromatic nitrogens is 1.